The number of methoxy groups -OCH3 is 2. The van der Waals surface area contributed by atoms with Gasteiger partial charge in [-0.05, 0) is 42.0 Å². The van der Waals surface area contributed by atoms with Crippen molar-refractivity contribution in [1.29, 1.82) is 0 Å². The first-order valence-electron chi connectivity index (χ1n) is 11.3. The zero-order chi connectivity index (χ0) is 24.6. The molecule has 1 heterocycles. The average Bonchev–Trinajstić information content (AvgIpc) is 3.39. The predicted molar refractivity (Wildman–Crippen MR) is 133 cm³/mol. The maximum absolute atomic E-state index is 12.6. The third kappa shape index (κ3) is 6.17. The van der Waals surface area contributed by atoms with E-state index < -0.39 is 0 Å². The van der Waals surface area contributed by atoms with Gasteiger partial charge in [0.05, 0.1) is 26.5 Å². The highest BCUT2D eigenvalue weighted by molar-refractivity contribution is 6.02. The summed E-state index contributed by atoms with van der Waals surface area (Å²) in [7, 11) is 3.14. The van der Waals surface area contributed by atoms with Gasteiger partial charge >= 0.3 is 0 Å². The SMILES string of the molecule is COc1ccc(Oc2cc(NC(=O)CCC(=O)N3CCC(c4ccccc4)=N3)ccc2OC)cc1. The van der Waals surface area contributed by atoms with Gasteiger partial charge in [0.25, 0.3) is 0 Å². The van der Waals surface area contributed by atoms with Gasteiger partial charge in [0, 0.05) is 31.0 Å². The van der Waals surface area contributed by atoms with Crippen molar-refractivity contribution in [2.75, 3.05) is 26.1 Å². The number of benzene rings is 3. The van der Waals surface area contributed by atoms with E-state index in [2.05, 4.69) is 10.4 Å². The van der Waals surface area contributed by atoms with Crippen LogP contribution in [0.2, 0.25) is 0 Å². The molecule has 1 aliphatic rings. The van der Waals surface area contributed by atoms with Crippen molar-refractivity contribution in [1.82, 2.24) is 5.01 Å². The van der Waals surface area contributed by atoms with Crippen molar-refractivity contribution >= 4 is 23.2 Å². The number of carbonyl (C=O) groups is 2. The number of hydrogen-bond donors (Lipinski definition) is 1. The lowest BCUT2D eigenvalue weighted by molar-refractivity contribution is -0.132. The minimum Gasteiger partial charge on any atom is -0.497 e. The van der Waals surface area contributed by atoms with Crippen LogP contribution in [0.4, 0.5) is 5.69 Å². The highest BCUT2D eigenvalue weighted by Gasteiger charge is 2.22. The van der Waals surface area contributed by atoms with Crippen LogP contribution in [0.25, 0.3) is 0 Å². The number of hydrogen-bond acceptors (Lipinski definition) is 6. The van der Waals surface area contributed by atoms with Gasteiger partial charge in [-0.2, -0.15) is 5.10 Å². The standard InChI is InChI=1S/C27H27N3O5/c1-33-21-9-11-22(12-10-21)35-25-18-20(8-13-24(25)34-2)28-26(31)14-15-27(32)30-17-16-23(29-30)19-6-4-3-5-7-19/h3-13,18H,14-17H2,1-2H3,(H,28,31). The van der Waals surface area contributed by atoms with E-state index in [-0.39, 0.29) is 24.7 Å². The van der Waals surface area contributed by atoms with Crippen molar-refractivity contribution in [2.24, 2.45) is 5.10 Å². The molecule has 0 unspecified atom stereocenters. The van der Waals surface area contributed by atoms with Gasteiger partial charge in [-0.1, -0.05) is 30.3 Å². The number of hydrazone groups is 1. The molecule has 1 N–H and O–H groups in total. The van der Waals surface area contributed by atoms with Crippen LogP contribution in [0, 0.1) is 0 Å². The van der Waals surface area contributed by atoms with E-state index in [1.165, 1.54) is 5.01 Å². The summed E-state index contributed by atoms with van der Waals surface area (Å²) in [6.07, 6.45) is 0.819. The molecule has 0 saturated heterocycles. The van der Waals surface area contributed by atoms with Gasteiger partial charge in [0.15, 0.2) is 11.5 Å². The third-order valence-electron chi connectivity index (χ3n) is 5.50. The number of carbonyl (C=O) groups excluding carboxylic acids is 2. The summed E-state index contributed by atoms with van der Waals surface area (Å²) in [5, 5.41) is 8.70. The van der Waals surface area contributed by atoms with Crippen LogP contribution in [-0.2, 0) is 9.59 Å². The summed E-state index contributed by atoms with van der Waals surface area (Å²) in [5.41, 5.74) is 2.43. The molecule has 0 atom stereocenters. The van der Waals surface area contributed by atoms with E-state index in [1.54, 1.807) is 56.7 Å². The molecule has 8 heteroatoms. The second-order valence-electron chi connectivity index (χ2n) is 7.87. The second kappa shape index (κ2) is 11.2. The van der Waals surface area contributed by atoms with Gasteiger partial charge in [-0.25, -0.2) is 5.01 Å². The van der Waals surface area contributed by atoms with Crippen molar-refractivity contribution in [3.8, 4) is 23.0 Å². The summed E-state index contributed by atoms with van der Waals surface area (Å²) in [5.74, 6) is 1.84. The molecular formula is C27H27N3O5. The number of amides is 2. The van der Waals surface area contributed by atoms with Gasteiger partial charge in [0.1, 0.15) is 11.5 Å². The average molecular weight is 474 g/mol. The molecule has 180 valence electrons. The van der Waals surface area contributed by atoms with Crippen molar-refractivity contribution < 1.29 is 23.8 Å². The third-order valence-corrected chi connectivity index (χ3v) is 5.50. The normalized spacial score (nSPS) is 12.6. The first kappa shape index (κ1) is 23.8. The van der Waals surface area contributed by atoms with Gasteiger partial charge in [-0.3, -0.25) is 9.59 Å². The number of rotatable bonds is 9. The lowest BCUT2D eigenvalue weighted by Crippen LogP contribution is -2.25. The molecule has 1 aliphatic heterocycles. The Morgan fingerprint density at radius 3 is 2.34 bits per heavy atom. The fourth-order valence-corrected chi connectivity index (χ4v) is 3.65. The molecule has 0 aliphatic carbocycles. The number of nitrogens with zero attached hydrogens (tertiary/aromatic N) is 2. The van der Waals surface area contributed by atoms with Gasteiger partial charge in [-0.15, -0.1) is 0 Å². The van der Waals surface area contributed by atoms with Crippen LogP contribution in [0.1, 0.15) is 24.8 Å². The summed E-state index contributed by atoms with van der Waals surface area (Å²) < 4.78 is 16.5. The van der Waals surface area contributed by atoms with E-state index in [4.69, 9.17) is 14.2 Å². The van der Waals surface area contributed by atoms with Crippen LogP contribution >= 0.6 is 0 Å². The molecule has 0 aromatic heterocycles. The Bertz CT molecular complexity index is 1210. The number of ether oxygens (including phenoxy) is 3. The van der Waals surface area contributed by atoms with E-state index in [0.29, 0.717) is 35.9 Å². The van der Waals surface area contributed by atoms with E-state index in [1.807, 2.05) is 30.3 Å². The number of nitrogens with one attached hydrogen (secondary N) is 1. The molecule has 0 radical (unpaired) electrons. The molecule has 0 bridgehead atoms. The lowest BCUT2D eigenvalue weighted by atomic mass is 10.1. The first-order chi connectivity index (χ1) is 17.1. The van der Waals surface area contributed by atoms with E-state index in [0.717, 1.165) is 17.0 Å². The molecule has 0 fully saturated rings. The summed E-state index contributed by atoms with van der Waals surface area (Å²) >= 11 is 0. The predicted octanol–water partition coefficient (Wildman–Crippen LogP) is 4.85. The Hall–Kier alpha value is -4.33. The minimum absolute atomic E-state index is 0.0478. The fraction of sp³-hybridized carbons (Fsp3) is 0.222. The molecule has 35 heavy (non-hydrogen) atoms. The van der Waals surface area contributed by atoms with E-state index in [9.17, 15) is 9.59 Å². The van der Waals surface area contributed by atoms with Crippen LogP contribution in [0.15, 0.2) is 77.9 Å². The van der Waals surface area contributed by atoms with Crippen LogP contribution in [0.3, 0.4) is 0 Å². The Morgan fingerprint density at radius 2 is 1.63 bits per heavy atom. The van der Waals surface area contributed by atoms with Crippen LogP contribution < -0.4 is 19.5 Å². The van der Waals surface area contributed by atoms with Gasteiger partial charge in [0.2, 0.25) is 11.8 Å². The molecule has 3 aromatic rings. The molecule has 8 nitrogen and oxygen atoms in total. The van der Waals surface area contributed by atoms with Gasteiger partial charge < -0.3 is 19.5 Å². The Kier molecular flexibility index (Phi) is 7.62. The lowest BCUT2D eigenvalue weighted by Gasteiger charge is -2.14. The number of anilines is 1. The quantitative estimate of drug-likeness (QED) is 0.480. The molecule has 2 amide bonds. The molecule has 3 aromatic carbocycles. The topological polar surface area (TPSA) is 89.5 Å². The second-order valence-corrected chi connectivity index (χ2v) is 7.87. The zero-order valence-corrected chi connectivity index (χ0v) is 19.7. The molecule has 4 rings (SSSR count). The highest BCUT2D eigenvalue weighted by Crippen LogP contribution is 2.34. The van der Waals surface area contributed by atoms with Crippen molar-refractivity contribution in [3.63, 3.8) is 0 Å². The largest absolute Gasteiger partial charge is 0.497 e. The Labute approximate surface area is 204 Å². The smallest absolute Gasteiger partial charge is 0.243 e. The zero-order valence-electron chi connectivity index (χ0n) is 19.7. The maximum Gasteiger partial charge on any atom is 0.243 e. The minimum atomic E-state index is -0.273. The molecular weight excluding hydrogens is 446 g/mol. The maximum atomic E-state index is 12.6. The first-order valence-corrected chi connectivity index (χ1v) is 11.3. The van der Waals surface area contributed by atoms with E-state index >= 15 is 0 Å². The van der Waals surface area contributed by atoms with Crippen molar-refractivity contribution in [2.45, 2.75) is 19.3 Å². The summed E-state index contributed by atoms with van der Waals surface area (Å²) in [6.45, 7) is 0.523. The highest BCUT2D eigenvalue weighted by atomic mass is 16.5. The molecule has 0 spiro atoms. The fourth-order valence-electron chi connectivity index (χ4n) is 3.65. The Balaban J connectivity index is 1.33. The van der Waals surface area contributed by atoms with Crippen molar-refractivity contribution in [3.05, 3.63) is 78.4 Å². The monoisotopic (exact) mass is 473 g/mol. The molecule has 0 saturated carbocycles. The van der Waals surface area contributed by atoms with Crippen LogP contribution in [0.5, 0.6) is 23.0 Å². The summed E-state index contributed by atoms with van der Waals surface area (Å²) in [4.78, 5) is 25.1. The summed E-state index contributed by atoms with van der Waals surface area (Å²) in [6, 6.07) is 22.0. The van der Waals surface area contributed by atoms with Crippen LogP contribution in [-0.4, -0.2) is 43.3 Å². The Morgan fingerprint density at radius 1 is 0.886 bits per heavy atom.